The zero-order valence-corrected chi connectivity index (χ0v) is 30.0. The number of aliphatic imine (C=N–C) groups is 1. The molecule has 0 spiro atoms. The first-order valence-electron chi connectivity index (χ1n) is 18.8. The Morgan fingerprint density at radius 3 is 2.70 bits per heavy atom. The lowest BCUT2D eigenvalue weighted by molar-refractivity contribution is 0.107. The molecule has 0 aliphatic carbocycles. The van der Waals surface area contributed by atoms with Gasteiger partial charge in [0.1, 0.15) is 47.0 Å². The van der Waals surface area contributed by atoms with E-state index in [1.165, 1.54) is 24.3 Å². The highest BCUT2D eigenvalue weighted by atomic mass is 19.1. The lowest BCUT2D eigenvalue weighted by Gasteiger charge is -2.41. The van der Waals surface area contributed by atoms with Gasteiger partial charge < -0.3 is 20.1 Å². The van der Waals surface area contributed by atoms with Gasteiger partial charge in [0.05, 0.1) is 29.6 Å². The number of alkyl halides is 1. The van der Waals surface area contributed by atoms with Gasteiger partial charge in [-0.25, -0.2) is 13.2 Å². The summed E-state index contributed by atoms with van der Waals surface area (Å²) >= 11 is 0. The number of aromatic nitrogens is 4. The van der Waals surface area contributed by atoms with E-state index in [2.05, 4.69) is 30.9 Å². The summed E-state index contributed by atoms with van der Waals surface area (Å²) in [4.78, 5) is 21.4. The van der Waals surface area contributed by atoms with Gasteiger partial charge in [-0.05, 0) is 61.4 Å². The van der Waals surface area contributed by atoms with E-state index in [9.17, 15) is 9.50 Å². The number of aryl methyl sites for hydroxylation is 1. The summed E-state index contributed by atoms with van der Waals surface area (Å²) in [5.74, 6) is 2.50. The fraction of sp³-hybridized carbons (Fsp3) is 0.450. The fourth-order valence-electron chi connectivity index (χ4n) is 10.0. The van der Waals surface area contributed by atoms with E-state index in [-0.39, 0.29) is 58.0 Å². The molecule has 11 nitrogen and oxygen atoms in total. The second kappa shape index (κ2) is 12.5. The maximum Gasteiger partial charge on any atom is 0.319 e. The molecule has 2 N–H and O–H groups in total. The van der Waals surface area contributed by atoms with Crippen LogP contribution in [0, 0.1) is 24.0 Å². The molecule has 0 radical (unpaired) electrons. The van der Waals surface area contributed by atoms with Crippen LogP contribution >= 0.6 is 0 Å². The molecular weight excluding hydrogens is 695 g/mol. The van der Waals surface area contributed by atoms with Gasteiger partial charge >= 0.3 is 6.01 Å². The second-order valence-corrected chi connectivity index (χ2v) is 15.5. The van der Waals surface area contributed by atoms with Crippen LogP contribution in [-0.2, 0) is 7.05 Å². The van der Waals surface area contributed by atoms with Gasteiger partial charge in [0.15, 0.2) is 5.82 Å². The number of piperazine rings is 1. The molecule has 5 aromatic rings. The van der Waals surface area contributed by atoms with E-state index in [0.29, 0.717) is 53.5 Å². The van der Waals surface area contributed by atoms with Crippen molar-refractivity contribution in [2.75, 3.05) is 57.3 Å². The Hall–Kier alpha value is -5.13. The summed E-state index contributed by atoms with van der Waals surface area (Å²) in [6.07, 6.45) is 10.9. The summed E-state index contributed by atoms with van der Waals surface area (Å²) < 4.78 is 55.8. The Morgan fingerprint density at radius 1 is 1.09 bits per heavy atom. The molecule has 5 aliphatic rings. The average molecular weight is 736 g/mol. The van der Waals surface area contributed by atoms with Gasteiger partial charge in [-0.1, -0.05) is 12.0 Å². The number of terminal acetylenes is 1. The number of hydrogen-bond acceptors (Lipinski definition) is 10. The van der Waals surface area contributed by atoms with Crippen molar-refractivity contribution in [3.05, 3.63) is 47.7 Å². The van der Waals surface area contributed by atoms with Gasteiger partial charge in [0, 0.05) is 74.3 Å². The molecule has 10 rings (SSSR count). The van der Waals surface area contributed by atoms with Crippen molar-refractivity contribution in [3.63, 3.8) is 0 Å². The number of anilines is 1. The van der Waals surface area contributed by atoms with Gasteiger partial charge in [-0.2, -0.15) is 15.1 Å². The van der Waals surface area contributed by atoms with Crippen LogP contribution in [0.2, 0.25) is 0 Å². The van der Waals surface area contributed by atoms with E-state index < -0.39 is 23.3 Å². The number of benzene rings is 3. The molecule has 4 saturated heterocycles. The Bertz CT molecular complexity index is 2430. The minimum Gasteiger partial charge on any atom is -0.508 e. The minimum absolute atomic E-state index is 0.00420. The average Bonchev–Trinajstić information content (AvgIpc) is 3.98. The predicted molar refractivity (Wildman–Crippen MR) is 201 cm³/mol. The molecule has 3 aromatic carbocycles. The number of aromatic hydroxyl groups is 1. The fourth-order valence-corrected chi connectivity index (χ4v) is 10.0. The van der Waals surface area contributed by atoms with Crippen molar-refractivity contribution in [3.8, 4) is 35.2 Å². The lowest BCUT2D eigenvalue weighted by atomic mass is 9.91. The maximum absolute atomic E-state index is 17.8. The maximum atomic E-state index is 17.8. The molecule has 3 unspecified atom stereocenters. The van der Waals surface area contributed by atoms with Gasteiger partial charge in [0.2, 0.25) is 0 Å². The topological polar surface area (TPSA) is 107 Å². The molecule has 54 heavy (non-hydrogen) atoms. The number of phenols is 1. The van der Waals surface area contributed by atoms with Crippen molar-refractivity contribution in [2.24, 2.45) is 12.0 Å². The Labute approximate surface area is 309 Å². The molecule has 7 heterocycles. The van der Waals surface area contributed by atoms with Gasteiger partial charge in [-0.3, -0.25) is 19.5 Å². The molecule has 0 saturated carbocycles. The van der Waals surface area contributed by atoms with E-state index in [4.69, 9.17) is 26.2 Å². The molecule has 4 fully saturated rings. The number of halogens is 3. The third-order valence-electron chi connectivity index (χ3n) is 12.3. The summed E-state index contributed by atoms with van der Waals surface area (Å²) in [6.45, 7) is 5.08. The quantitative estimate of drug-likeness (QED) is 0.226. The largest absolute Gasteiger partial charge is 0.508 e. The number of rotatable bonds is 7. The minimum atomic E-state index is -0.937. The number of fused-ring (bicyclic) bond motifs is 7. The predicted octanol–water partition coefficient (Wildman–Crippen LogP) is 4.91. The first kappa shape index (κ1) is 33.4. The molecule has 5 aliphatic heterocycles. The van der Waals surface area contributed by atoms with Crippen LogP contribution in [0.4, 0.5) is 19.0 Å². The summed E-state index contributed by atoms with van der Waals surface area (Å²) in [5, 5.41) is 20.8. The Balaban J connectivity index is 1.16. The van der Waals surface area contributed by atoms with Gasteiger partial charge in [-0.15, -0.1) is 6.42 Å². The van der Waals surface area contributed by atoms with E-state index in [1.807, 2.05) is 6.20 Å². The van der Waals surface area contributed by atoms with E-state index >= 15 is 8.78 Å². The summed E-state index contributed by atoms with van der Waals surface area (Å²) in [7, 11) is 1.75. The van der Waals surface area contributed by atoms with Crippen LogP contribution in [-0.4, -0.2) is 117 Å². The van der Waals surface area contributed by atoms with E-state index in [1.54, 1.807) is 11.7 Å². The Morgan fingerprint density at radius 2 is 1.93 bits per heavy atom. The standard InChI is InChI=1S/C40H40F3N9O2/c1-3-27-30(42)8-5-22-13-26(53)14-28(32(22)27)33-35(43)37-34(29-19-49(2)48-36(29)33)38(47-39(46-37)54-21-40-9-4-12-51(40)16-23(41)15-40)50-17-24-6-7-25(18-50)52(24)20-31-44-10-11-45-31/h1,5,8,13-14,19,23-25,53H,4,6-7,9-12,15-18,20-21H2,2H3,(H,44,45)/t23-,24?,25?,40?/m1/s1. The lowest BCUT2D eigenvalue weighted by Crippen LogP contribution is -2.56. The number of nitrogens with one attached hydrogen (secondary N) is 1. The third-order valence-corrected chi connectivity index (χ3v) is 12.3. The molecular formula is C40H40F3N9O2. The second-order valence-electron chi connectivity index (χ2n) is 15.5. The van der Waals surface area contributed by atoms with Crippen LogP contribution in [0.15, 0.2) is 35.5 Å². The molecule has 278 valence electrons. The van der Waals surface area contributed by atoms with E-state index in [0.717, 1.165) is 57.7 Å². The summed E-state index contributed by atoms with van der Waals surface area (Å²) in [5.41, 5.74) is 0.0192. The van der Waals surface area contributed by atoms with Crippen LogP contribution in [0.1, 0.15) is 37.7 Å². The van der Waals surface area contributed by atoms with Crippen LogP contribution in [0.3, 0.4) is 0 Å². The van der Waals surface area contributed by atoms with Crippen LogP contribution in [0.5, 0.6) is 11.8 Å². The van der Waals surface area contributed by atoms with Crippen LogP contribution < -0.4 is 15.0 Å². The molecule has 0 amide bonds. The van der Waals surface area contributed by atoms with Crippen LogP contribution in [0.25, 0.3) is 43.7 Å². The number of amidine groups is 1. The smallest absolute Gasteiger partial charge is 0.319 e. The zero-order chi connectivity index (χ0) is 36.9. The summed E-state index contributed by atoms with van der Waals surface area (Å²) in [6, 6.07) is 6.08. The first-order chi connectivity index (χ1) is 26.2. The number of nitrogens with zero attached hydrogens (tertiary/aromatic N) is 8. The van der Waals surface area contributed by atoms with Crippen molar-refractivity contribution in [2.45, 2.75) is 55.9 Å². The first-order valence-corrected chi connectivity index (χ1v) is 18.8. The Kier molecular flexibility index (Phi) is 7.72. The van der Waals surface area contributed by atoms with Crippen molar-refractivity contribution >= 4 is 44.2 Å². The zero-order valence-electron chi connectivity index (χ0n) is 30.0. The molecule has 2 aromatic heterocycles. The van der Waals surface area contributed by atoms with Crippen molar-refractivity contribution in [1.29, 1.82) is 0 Å². The molecule has 4 atom stereocenters. The molecule has 14 heteroatoms. The number of ether oxygens (including phenoxy) is 1. The third kappa shape index (κ3) is 5.19. The van der Waals surface area contributed by atoms with Crippen molar-refractivity contribution in [1.82, 2.24) is 34.9 Å². The number of phenolic OH excluding ortho intramolecular Hbond substituents is 1. The number of hydrogen-bond donors (Lipinski definition) is 2. The highest BCUT2D eigenvalue weighted by Crippen LogP contribution is 2.46. The molecule has 2 bridgehead atoms. The normalized spacial score (nSPS) is 25.5. The van der Waals surface area contributed by atoms with Gasteiger partial charge in [0.25, 0.3) is 0 Å². The highest BCUT2D eigenvalue weighted by molar-refractivity contribution is 6.18. The van der Waals surface area contributed by atoms with Crippen molar-refractivity contribution < 1.29 is 23.0 Å². The SMILES string of the molecule is C#Cc1c(F)ccc2cc(O)cc(-c3c(F)c4nc(OCC56CCCN5C[C@H](F)C6)nc(N5CC6CCC(C5)N6CC5=NCCN5)c4c4cn(C)nc34)c12. The monoisotopic (exact) mass is 735 g/mol. The highest BCUT2D eigenvalue weighted by Gasteiger charge is 2.49.